The SMILES string of the molecule is CCCCNC(=O)NS(=O)(=O)c1ccc(N2N=C(c3cc(C)ccc3C)CC2c2cc(OC)c(OC)c(OC)c2)cc1. The Hall–Kier alpha value is -4.25. The third-order valence-electron chi connectivity index (χ3n) is 7.14. The van der Waals surface area contributed by atoms with Crippen LogP contribution in [0.5, 0.6) is 17.2 Å². The molecule has 1 atom stereocenters. The number of anilines is 1. The first-order chi connectivity index (χ1) is 20.1. The number of methoxy groups -OCH3 is 3. The van der Waals surface area contributed by atoms with Gasteiger partial charge in [0.2, 0.25) is 5.75 Å². The fourth-order valence-corrected chi connectivity index (χ4v) is 5.81. The molecule has 0 aromatic heterocycles. The molecule has 0 radical (unpaired) electrons. The third-order valence-corrected chi connectivity index (χ3v) is 8.49. The number of urea groups is 1. The average Bonchev–Trinajstić information content (AvgIpc) is 3.43. The van der Waals surface area contributed by atoms with Crippen LogP contribution in [-0.4, -0.2) is 48.0 Å². The molecular weight excluding hydrogens is 556 g/mol. The first-order valence-electron chi connectivity index (χ1n) is 13.8. The predicted octanol–water partition coefficient (Wildman–Crippen LogP) is 5.47. The van der Waals surface area contributed by atoms with E-state index in [1.807, 2.05) is 31.0 Å². The molecule has 2 N–H and O–H groups in total. The minimum absolute atomic E-state index is 0.0286. The van der Waals surface area contributed by atoms with Crippen LogP contribution in [0.3, 0.4) is 0 Å². The Balaban J connectivity index is 1.72. The van der Waals surface area contributed by atoms with Crippen LogP contribution < -0.4 is 29.3 Å². The molecule has 0 saturated carbocycles. The van der Waals surface area contributed by atoms with Crippen LogP contribution in [0.15, 0.2) is 64.6 Å². The van der Waals surface area contributed by atoms with Crippen molar-refractivity contribution in [2.45, 2.75) is 51.0 Å². The van der Waals surface area contributed by atoms with Crippen LogP contribution >= 0.6 is 0 Å². The monoisotopic (exact) mass is 594 g/mol. The quantitative estimate of drug-likeness (QED) is 0.283. The molecule has 11 heteroatoms. The van der Waals surface area contributed by atoms with E-state index in [2.05, 4.69) is 35.2 Å². The summed E-state index contributed by atoms with van der Waals surface area (Å²) in [4.78, 5) is 12.1. The number of carbonyl (C=O) groups is 1. The first kappa shape index (κ1) is 30.7. The van der Waals surface area contributed by atoms with Crippen molar-refractivity contribution in [3.63, 3.8) is 0 Å². The summed E-state index contributed by atoms with van der Waals surface area (Å²) in [5.74, 6) is 1.54. The maximum Gasteiger partial charge on any atom is 0.328 e. The van der Waals surface area contributed by atoms with E-state index < -0.39 is 16.1 Å². The average molecular weight is 595 g/mol. The lowest BCUT2D eigenvalue weighted by atomic mass is 9.94. The molecule has 1 heterocycles. The van der Waals surface area contributed by atoms with E-state index in [0.29, 0.717) is 35.9 Å². The van der Waals surface area contributed by atoms with Gasteiger partial charge in [-0.05, 0) is 73.9 Å². The fourth-order valence-electron chi connectivity index (χ4n) is 4.88. The van der Waals surface area contributed by atoms with Gasteiger partial charge in [0.05, 0.1) is 43.7 Å². The van der Waals surface area contributed by atoms with Crippen LogP contribution in [-0.2, 0) is 10.0 Å². The Labute approximate surface area is 247 Å². The highest BCUT2D eigenvalue weighted by molar-refractivity contribution is 7.90. The summed E-state index contributed by atoms with van der Waals surface area (Å²) < 4.78 is 44.5. The minimum atomic E-state index is -4.06. The van der Waals surface area contributed by atoms with E-state index in [-0.39, 0.29) is 10.9 Å². The zero-order valence-electron chi connectivity index (χ0n) is 24.9. The summed E-state index contributed by atoms with van der Waals surface area (Å²) in [7, 11) is 0.647. The maximum absolute atomic E-state index is 12.8. The topological polar surface area (TPSA) is 119 Å². The summed E-state index contributed by atoms with van der Waals surface area (Å²) in [5, 5.41) is 9.47. The summed E-state index contributed by atoms with van der Waals surface area (Å²) >= 11 is 0. The highest BCUT2D eigenvalue weighted by Crippen LogP contribution is 2.44. The summed E-state index contributed by atoms with van der Waals surface area (Å²) in [6.45, 7) is 6.48. The van der Waals surface area contributed by atoms with Crippen LogP contribution in [0.4, 0.5) is 10.5 Å². The lowest BCUT2D eigenvalue weighted by Crippen LogP contribution is -2.39. The maximum atomic E-state index is 12.8. The van der Waals surface area contributed by atoms with Gasteiger partial charge in [0.15, 0.2) is 11.5 Å². The highest BCUT2D eigenvalue weighted by atomic mass is 32.2. The van der Waals surface area contributed by atoms with E-state index >= 15 is 0 Å². The van der Waals surface area contributed by atoms with E-state index in [4.69, 9.17) is 19.3 Å². The van der Waals surface area contributed by atoms with E-state index in [9.17, 15) is 13.2 Å². The molecule has 1 unspecified atom stereocenters. The number of amides is 2. The largest absolute Gasteiger partial charge is 0.493 e. The van der Waals surface area contributed by atoms with Crippen molar-refractivity contribution < 1.29 is 27.4 Å². The molecule has 1 aliphatic rings. The summed E-state index contributed by atoms with van der Waals surface area (Å²) in [5.41, 5.74) is 5.75. The molecule has 42 heavy (non-hydrogen) atoms. The molecule has 0 spiro atoms. The van der Waals surface area contributed by atoms with Gasteiger partial charge in [-0.15, -0.1) is 0 Å². The molecule has 0 bridgehead atoms. The van der Waals surface area contributed by atoms with Crippen LogP contribution in [0, 0.1) is 13.8 Å². The molecule has 3 aromatic carbocycles. The Morgan fingerprint density at radius 1 is 0.976 bits per heavy atom. The Morgan fingerprint density at radius 3 is 2.24 bits per heavy atom. The molecule has 2 amide bonds. The molecule has 3 aromatic rings. The lowest BCUT2D eigenvalue weighted by molar-refractivity contribution is 0.245. The van der Waals surface area contributed by atoms with Gasteiger partial charge in [-0.2, -0.15) is 5.10 Å². The van der Waals surface area contributed by atoms with Gasteiger partial charge in [-0.25, -0.2) is 17.9 Å². The number of aryl methyl sites for hydroxylation is 2. The molecule has 0 fully saturated rings. The van der Waals surface area contributed by atoms with Crippen LogP contribution in [0.25, 0.3) is 0 Å². The Bertz CT molecular complexity index is 1550. The molecule has 10 nitrogen and oxygen atoms in total. The van der Waals surface area contributed by atoms with Gasteiger partial charge in [0, 0.05) is 18.5 Å². The van der Waals surface area contributed by atoms with Crippen LogP contribution in [0.2, 0.25) is 0 Å². The van der Waals surface area contributed by atoms with Crippen molar-refractivity contribution in [3.8, 4) is 17.2 Å². The van der Waals surface area contributed by atoms with Crippen molar-refractivity contribution in [1.29, 1.82) is 0 Å². The van der Waals surface area contributed by atoms with E-state index in [1.165, 1.54) is 12.1 Å². The van der Waals surface area contributed by atoms with Gasteiger partial charge >= 0.3 is 6.03 Å². The number of ether oxygens (including phenoxy) is 3. The lowest BCUT2D eigenvalue weighted by Gasteiger charge is -2.25. The molecule has 1 aliphatic heterocycles. The van der Waals surface area contributed by atoms with Crippen molar-refractivity contribution in [2.24, 2.45) is 5.10 Å². The number of rotatable bonds is 11. The second-order valence-electron chi connectivity index (χ2n) is 10.1. The van der Waals surface area contributed by atoms with Crippen molar-refractivity contribution in [3.05, 3.63) is 76.9 Å². The van der Waals surface area contributed by atoms with E-state index in [0.717, 1.165) is 40.8 Å². The zero-order chi connectivity index (χ0) is 30.4. The Morgan fingerprint density at radius 2 is 1.64 bits per heavy atom. The number of unbranched alkanes of at least 4 members (excludes halogenated alkanes) is 1. The normalized spacial score (nSPS) is 14.8. The minimum Gasteiger partial charge on any atom is -0.493 e. The molecule has 0 aliphatic carbocycles. The van der Waals surface area contributed by atoms with Crippen molar-refractivity contribution >= 4 is 27.5 Å². The fraction of sp³-hybridized carbons (Fsp3) is 0.355. The van der Waals surface area contributed by atoms with Gasteiger partial charge in [-0.1, -0.05) is 31.0 Å². The molecule has 224 valence electrons. The second kappa shape index (κ2) is 13.2. The molecular formula is C31H38N4O6S. The Kier molecular flexibility index (Phi) is 9.62. The summed E-state index contributed by atoms with van der Waals surface area (Å²) in [6.07, 6.45) is 2.23. The number of benzene rings is 3. The predicted molar refractivity (Wildman–Crippen MR) is 163 cm³/mol. The van der Waals surface area contributed by atoms with Gasteiger partial charge in [0.1, 0.15) is 0 Å². The third kappa shape index (κ3) is 6.62. The number of hydrogen-bond acceptors (Lipinski definition) is 8. The molecule has 0 saturated heterocycles. The number of nitrogens with zero attached hydrogens (tertiary/aromatic N) is 2. The van der Waals surface area contributed by atoms with Crippen molar-refractivity contribution in [2.75, 3.05) is 32.9 Å². The zero-order valence-corrected chi connectivity index (χ0v) is 25.7. The number of hydrogen-bond donors (Lipinski definition) is 2. The number of sulfonamides is 1. The first-order valence-corrected chi connectivity index (χ1v) is 15.2. The highest BCUT2D eigenvalue weighted by Gasteiger charge is 2.32. The smallest absolute Gasteiger partial charge is 0.328 e. The van der Waals surface area contributed by atoms with Crippen molar-refractivity contribution in [1.82, 2.24) is 10.0 Å². The number of hydrazone groups is 1. The molecule has 4 rings (SSSR count). The van der Waals surface area contributed by atoms with Gasteiger partial charge < -0.3 is 19.5 Å². The summed E-state index contributed by atoms with van der Waals surface area (Å²) in [6, 6.07) is 15.4. The number of nitrogens with one attached hydrogen (secondary N) is 2. The van der Waals surface area contributed by atoms with Gasteiger partial charge in [0.25, 0.3) is 10.0 Å². The standard InChI is InChI=1S/C31H38N4O6S/c1-7-8-15-32-31(36)34-42(37,38)24-13-11-23(12-14-24)35-27(19-26(33-35)25-16-20(2)9-10-21(25)3)22-17-28(39-4)30(41-6)29(18-22)40-5/h9-14,16-18,27H,7-8,15,19H2,1-6H3,(H2,32,34,36). The van der Waals surface area contributed by atoms with Crippen LogP contribution in [0.1, 0.15) is 54.5 Å². The van der Waals surface area contributed by atoms with E-state index in [1.54, 1.807) is 33.5 Å². The second-order valence-corrected chi connectivity index (χ2v) is 11.8. The van der Waals surface area contributed by atoms with Gasteiger partial charge in [-0.3, -0.25) is 5.01 Å². The number of carbonyl (C=O) groups excluding carboxylic acids is 1.